The van der Waals surface area contributed by atoms with Crippen molar-refractivity contribution in [3.8, 4) is 5.82 Å². The number of amides is 1. The zero-order valence-electron chi connectivity index (χ0n) is 10.3. The number of carbonyl (C=O) groups excluding carboxylic acids is 1. The molecule has 0 radical (unpaired) electrons. The zero-order chi connectivity index (χ0) is 14.0. The summed E-state index contributed by atoms with van der Waals surface area (Å²) in [6.45, 7) is 0. The Balaban J connectivity index is 2.27. The molecule has 8 nitrogen and oxygen atoms in total. The van der Waals surface area contributed by atoms with Crippen molar-refractivity contribution in [2.45, 2.75) is 0 Å². The van der Waals surface area contributed by atoms with Crippen LogP contribution in [-0.2, 0) is 0 Å². The Kier molecular flexibility index (Phi) is 3.47. The first-order valence-corrected chi connectivity index (χ1v) is 5.67. The van der Waals surface area contributed by atoms with Crippen molar-refractivity contribution in [1.29, 1.82) is 0 Å². The number of hydrogen-bond donors (Lipinski definition) is 1. The number of thiocarbonyl (C=S) groups is 1. The summed E-state index contributed by atoms with van der Waals surface area (Å²) in [5.74, 6) is 0.456. The molecular formula is C10H11N7OS. The van der Waals surface area contributed by atoms with Gasteiger partial charge in [-0.15, -0.1) is 15.3 Å². The van der Waals surface area contributed by atoms with E-state index in [4.69, 9.17) is 18.0 Å². The van der Waals surface area contributed by atoms with Crippen LogP contribution in [0.1, 0.15) is 16.3 Å². The van der Waals surface area contributed by atoms with E-state index in [1.165, 1.54) is 15.9 Å². The van der Waals surface area contributed by atoms with E-state index in [2.05, 4.69) is 20.3 Å². The van der Waals surface area contributed by atoms with Crippen molar-refractivity contribution in [2.75, 3.05) is 14.1 Å². The molecular weight excluding hydrogens is 266 g/mol. The highest BCUT2D eigenvalue weighted by molar-refractivity contribution is 7.80. The summed E-state index contributed by atoms with van der Waals surface area (Å²) >= 11 is 4.76. The van der Waals surface area contributed by atoms with Gasteiger partial charge in [-0.25, -0.2) is 9.67 Å². The van der Waals surface area contributed by atoms with E-state index in [1.807, 2.05) is 0 Å². The Hall–Kier alpha value is -2.42. The van der Waals surface area contributed by atoms with Gasteiger partial charge in [0.15, 0.2) is 11.5 Å². The fraction of sp³-hybridized carbons (Fsp3) is 0.200. The summed E-state index contributed by atoms with van der Waals surface area (Å²) < 4.78 is 1.38. The molecule has 2 aromatic heterocycles. The van der Waals surface area contributed by atoms with Gasteiger partial charge in [-0.3, -0.25) is 4.79 Å². The van der Waals surface area contributed by atoms with E-state index in [-0.39, 0.29) is 22.4 Å². The summed E-state index contributed by atoms with van der Waals surface area (Å²) in [5, 5.41) is 11.8. The largest absolute Gasteiger partial charge is 0.387 e. The lowest BCUT2D eigenvalue weighted by Crippen LogP contribution is -2.23. The fourth-order valence-electron chi connectivity index (χ4n) is 1.28. The maximum Gasteiger partial charge on any atom is 0.273 e. The predicted octanol–water partition coefficient (Wildman–Crippen LogP) is -0.607. The van der Waals surface area contributed by atoms with Crippen LogP contribution in [-0.4, -0.2) is 54.9 Å². The van der Waals surface area contributed by atoms with Crippen molar-refractivity contribution in [2.24, 2.45) is 5.73 Å². The lowest BCUT2D eigenvalue weighted by molar-refractivity contribution is 0.0821. The quantitative estimate of drug-likeness (QED) is 0.747. The van der Waals surface area contributed by atoms with Crippen molar-refractivity contribution < 1.29 is 4.79 Å². The third-order valence-corrected chi connectivity index (χ3v) is 2.41. The van der Waals surface area contributed by atoms with E-state index in [0.29, 0.717) is 5.82 Å². The molecule has 0 aliphatic rings. The minimum absolute atomic E-state index is 0.103. The Morgan fingerprint density at radius 1 is 1.37 bits per heavy atom. The van der Waals surface area contributed by atoms with Crippen LogP contribution in [0.15, 0.2) is 18.5 Å². The Labute approximate surface area is 114 Å². The highest BCUT2D eigenvalue weighted by atomic mass is 32.1. The van der Waals surface area contributed by atoms with Crippen LogP contribution in [0.3, 0.4) is 0 Å². The van der Waals surface area contributed by atoms with Crippen LogP contribution >= 0.6 is 12.2 Å². The molecule has 2 N–H and O–H groups in total. The van der Waals surface area contributed by atoms with Gasteiger partial charge in [0, 0.05) is 14.1 Å². The normalized spacial score (nSPS) is 10.2. The molecule has 98 valence electrons. The smallest absolute Gasteiger partial charge is 0.273 e. The van der Waals surface area contributed by atoms with Crippen molar-refractivity contribution in [3.05, 3.63) is 30.0 Å². The second-order valence-electron chi connectivity index (χ2n) is 3.85. The van der Waals surface area contributed by atoms with Gasteiger partial charge in [0.25, 0.3) is 5.91 Å². The molecule has 2 heterocycles. The van der Waals surface area contributed by atoms with Crippen LogP contribution in [0.4, 0.5) is 0 Å². The van der Waals surface area contributed by atoms with E-state index < -0.39 is 0 Å². The van der Waals surface area contributed by atoms with E-state index in [9.17, 15) is 4.79 Å². The molecule has 0 saturated carbocycles. The highest BCUT2D eigenvalue weighted by Gasteiger charge is 2.11. The van der Waals surface area contributed by atoms with Gasteiger partial charge in [0.05, 0.1) is 0 Å². The third-order valence-electron chi connectivity index (χ3n) is 2.22. The van der Waals surface area contributed by atoms with Gasteiger partial charge in [-0.1, -0.05) is 12.2 Å². The molecule has 0 aliphatic heterocycles. The average Bonchev–Trinajstić information content (AvgIpc) is 2.87. The Morgan fingerprint density at radius 3 is 2.58 bits per heavy atom. The van der Waals surface area contributed by atoms with Crippen LogP contribution in [0.2, 0.25) is 0 Å². The molecule has 0 atom stereocenters. The van der Waals surface area contributed by atoms with Gasteiger partial charge in [0.2, 0.25) is 5.82 Å². The predicted molar refractivity (Wildman–Crippen MR) is 70.9 cm³/mol. The van der Waals surface area contributed by atoms with Crippen LogP contribution in [0, 0.1) is 0 Å². The number of carbonyl (C=O) groups is 1. The summed E-state index contributed by atoms with van der Waals surface area (Å²) in [4.78, 5) is 17.1. The Morgan fingerprint density at radius 2 is 2.11 bits per heavy atom. The standard InChI is InChI=1S/C10H11N7OS/c1-16(2)10(18)6-3-4-7(14-13-6)17-5-12-9(15-17)8(11)19/h3-5H,1-2H3,(H2,11,19). The van der Waals surface area contributed by atoms with Crippen molar-refractivity contribution >= 4 is 23.1 Å². The molecule has 2 rings (SSSR count). The van der Waals surface area contributed by atoms with Gasteiger partial charge in [0.1, 0.15) is 11.3 Å². The summed E-state index contributed by atoms with van der Waals surface area (Å²) in [6.07, 6.45) is 1.42. The maximum atomic E-state index is 11.6. The molecule has 0 bridgehead atoms. The number of nitrogens with two attached hydrogens (primary N) is 1. The molecule has 0 saturated heterocycles. The first kappa shape index (κ1) is 13.0. The van der Waals surface area contributed by atoms with Crippen molar-refractivity contribution in [3.63, 3.8) is 0 Å². The molecule has 0 spiro atoms. The van der Waals surface area contributed by atoms with Gasteiger partial charge < -0.3 is 10.6 Å². The number of rotatable bonds is 3. The minimum Gasteiger partial charge on any atom is -0.387 e. The fourth-order valence-corrected chi connectivity index (χ4v) is 1.37. The molecule has 2 aromatic rings. The molecule has 0 fully saturated rings. The number of nitrogens with zero attached hydrogens (tertiary/aromatic N) is 6. The highest BCUT2D eigenvalue weighted by Crippen LogP contribution is 2.03. The van der Waals surface area contributed by atoms with Gasteiger partial charge >= 0.3 is 0 Å². The lowest BCUT2D eigenvalue weighted by Gasteiger charge is -2.08. The Bertz CT molecular complexity index is 619. The molecule has 9 heteroatoms. The lowest BCUT2D eigenvalue weighted by atomic mass is 10.3. The van der Waals surface area contributed by atoms with E-state index in [0.717, 1.165) is 0 Å². The molecule has 0 aliphatic carbocycles. The summed E-state index contributed by atoms with van der Waals surface area (Å²) in [7, 11) is 3.29. The third kappa shape index (κ3) is 2.71. The number of hydrogen-bond acceptors (Lipinski definition) is 6. The van der Waals surface area contributed by atoms with Crippen LogP contribution < -0.4 is 5.73 Å². The second-order valence-corrected chi connectivity index (χ2v) is 4.29. The maximum absolute atomic E-state index is 11.6. The summed E-state index contributed by atoms with van der Waals surface area (Å²) in [5.41, 5.74) is 5.66. The molecule has 0 unspecified atom stereocenters. The molecule has 19 heavy (non-hydrogen) atoms. The van der Waals surface area contributed by atoms with Crippen LogP contribution in [0.25, 0.3) is 5.82 Å². The zero-order valence-corrected chi connectivity index (χ0v) is 11.1. The van der Waals surface area contributed by atoms with Crippen molar-refractivity contribution in [1.82, 2.24) is 29.9 Å². The molecule has 1 amide bonds. The topological polar surface area (TPSA) is 103 Å². The second kappa shape index (κ2) is 5.06. The van der Waals surface area contributed by atoms with E-state index >= 15 is 0 Å². The monoisotopic (exact) mass is 277 g/mol. The van der Waals surface area contributed by atoms with E-state index in [1.54, 1.807) is 26.2 Å². The molecule has 0 aromatic carbocycles. The van der Waals surface area contributed by atoms with Gasteiger partial charge in [-0.2, -0.15) is 0 Å². The number of aromatic nitrogens is 5. The van der Waals surface area contributed by atoms with Crippen LogP contribution in [0.5, 0.6) is 0 Å². The average molecular weight is 277 g/mol. The van der Waals surface area contributed by atoms with Gasteiger partial charge in [-0.05, 0) is 12.1 Å². The first-order valence-electron chi connectivity index (χ1n) is 5.26. The summed E-state index contributed by atoms with van der Waals surface area (Å²) in [6, 6.07) is 3.18. The minimum atomic E-state index is -0.221. The first-order chi connectivity index (χ1) is 8.99. The SMILES string of the molecule is CN(C)C(=O)c1ccc(-n2cnc(C(N)=S)n2)nn1.